The zero-order chi connectivity index (χ0) is 15.3. The van der Waals surface area contributed by atoms with Gasteiger partial charge in [-0.2, -0.15) is 0 Å². The topological polar surface area (TPSA) is 54.5 Å². The third-order valence-electron chi connectivity index (χ3n) is 4.86. The Morgan fingerprint density at radius 2 is 1.62 bits per heavy atom. The summed E-state index contributed by atoms with van der Waals surface area (Å²) in [5, 5.41) is 0. The van der Waals surface area contributed by atoms with Gasteiger partial charge in [0, 0.05) is 30.8 Å². The van der Waals surface area contributed by atoms with E-state index in [1.807, 2.05) is 0 Å². The van der Waals surface area contributed by atoms with Crippen molar-refractivity contribution in [1.82, 2.24) is 4.90 Å². The van der Waals surface area contributed by atoms with Crippen molar-refractivity contribution in [2.45, 2.75) is 63.0 Å². The van der Waals surface area contributed by atoms with Crippen molar-refractivity contribution in [1.29, 1.82) is 0 Å². The van der Waals surface area contributed by atoms with Crippen LogP contribution in [0.25, 0.3) is 0 Å². The van der Waals surface area contributed by atoms with Gasteiger partial charge in [0.25, 0.3) is 0 Å². The molecule has 1 heterocycles. The molecule has 120 valence electrons. The van der Waals surface area contributed by atoms with Crippen LogP contribution in [0.3, 0.4) is 0 Å². The van der Waals surface area contributed by atoms with Gasteiger partial charge >= 0.3 is 0 Å². The number of rotatable bonds is 3. The van der Waals surface area contributed by atoms with Crippen molar-refractivity contribution in [3.63, 3.8) is 0 Å². The molecule has 0 unspecified atom stereocenters. The number of hydrogen-bond acceptors (Lipinski definition) is 3. The molecule has 1 amide bonds. The maximum atomic E-state index is 13.2. The summed E-state index contributed by atoms with van der Waals surface area (Å²) in [6, 6.07) is -0.101. The molecule has 1 aliphatic heterocycles. The van der Waals surface area contributed by atoms with Gasteiger partial charge in [0.05, 0.1) is 11.5 Å². The maximum absolute atomic E-state index is 13.2. The minimum Gasteiger partial charge on any atom is -0.335 e. The minimum atomic E-state index is -3.04. The Morgan fingerprint density at radius 1 is 1.00 bits per heavy atom. The van der Waals surface area contributed by atoms with Gasteiger partial charge in [-0.3, -0.25) is 4.79 Å². The number of sulfone groups is 1. The van der Waals surface area contributed by atoms with E-state index in [0.717, 1.165) is 12.8 Å². The molecule has 2 saturated carbocycles. The molecule has 0 aromatic heterocycles. The summed E-state index contributed by atoms with van der Waals surface area (Å²) in [5.41, 5.74) is 0. The molecule has 1 atom stereocenters. The van der Waals surface area contributed by atoms with Crippen molar-refractivity contribution in [2.24, 2.45) is 5.92 Å². The van der Waals surface area contributed by atoms with Crippen LogP contribution in [0.4, 0.5) is 8.78 Å². The number of amides is 1. The van der Waals surface area contributed by atoms with Crippen LogP contribution in [-0.4, -0.2) is 48.7 Å². The predicted octanol–water partition coefficient (Wildman–Crippen LogP) is 1.99. The van der Waals surface area contributed by atoms with Gasteiger partial charge < -0.3 is 4.90 Å². The normalized spacial score (nSPS) is 32.0. The summed E-state index contributed by atoms with van der Waals surface area (Å²) in [5.74, 6) is -2.91. The summed E-state index contributed by atoms with van der Waals surface area (Å²) in [4.78, 5) is 14.4. The summed E-state index contributed by atoms with van der Waals surface area (Å²) in [6.45, 7) is 0. The van der Waals surface area contributed by atoms with Crippen molar-refractivity contribution in [3.05, 3.63) is 0 Å². The predicted molar refractivity (Wildman–Crippen MR) is 73.8 cm³/mol. The van der Waals surface area contributed by atoms with Crippen molar-refractivity contribution >= 4 is 15.7 Å². The van der Waals surface area contributed by atoms with Crippen molar-refractivity contribution < 1.29 is 22.0 Å². The van der Waals surface area contributed by atoms with Gasteiger partial charge in [-0.15, -0.1) is 0 Å². The van der Waals surface area contributed by atoms with E-state index in [1.54, 1.807) is 4.90 Å². The second-order valence-corrected chi connectivity index (χ2v) is 8.89. The summed E-state index contributed by atoms with van der Waals surface area (Å²) in [6.07, 6.45) is 2.28. The zero-order valence-electron chi connectivity index (χ0n) is 11.9. The number of halogens is 2. The van der Waals surface area contributed by atoms with E-state index in [0.29, 0.717) is 6.42 Å². The number of carbonyl (C=O) groups is 1. The van der Waals surface area contributed by atoms with Crippen LogP contribution in [0.1, 0.15) is 44.9 Å². The lowest BCUT2D eigenvalue weighted by Gasteiger charge is -2.35. The lowest BCUT2D eigenvalue weighted by atomic mass is 9.85. The molecule has 0 spiro atoms. The number of alkyl halides is 2. The Kier molecular flexibility index (Phi) is 3.74. The third-order valence-corrected chi connectivity index (χ3v) is 6.61. The molecule has 1 saturated heterocycles. The fraction of sp³-hybridized carbons (Fsp3) is 0.929. The Balaban J connectivity index is 1.69. The monoisotopic (exact) mass is 321 g/mol. The first-order valence-electron chi connectivity index (χ1n) is 7.68. The van der Waals surface area contributed by atoms with E-state index in [9.17, 15) is 22.0 Å². The molecule has 3 rings (SSSR count). The highest BCUT2D eigenvalue weighted by Crippen LogP contribution is 2.40. The molecule has 21 heavy (non-hydrogen) atoms. The summed E-state index contributed by atoms with van der Waals surface area (Å²) < 4.78 is 49.7. The Bertz CT molecular complexity index is 520. The molecule has 0 bridgehead atoms. The fourth-order valence-corrected chi connectivity index (χ4v) is 5.21. The lowest BCUT2D eigenvalue weighted by molar-refractivity contribution is -0.142. The quantitative estimate of drug-likeness (QED) is 0.799. The zero-order valence-corrected chi connectivity index (χ0v) is 12.7. The van der Waals surface area contributed by atoms with E-state index in [2.05, 4.69) is 0 Å². The van der Waals surface area contributed by atoms with Crippen LogP contribution in [0.5, 0.6) is 0 Å². The first kappa shape index (κ1) is 15.2. The smallest absolute Gasteiger partial charge is 0.248 e. The van der Waals surface area contributed by atoms with Gasteiger partial charge in [-0.25, -0.2) is 17.2 Å². The molecule has 0 aromatic carbocycles. The number of carbonyl (C=O) groups excluding carboxylic acids is 1. The average Bonchev–Trinajstić information content (AvgIpc) is 3.14. The van der Waals surface area contributed by atoms with Gasteiger partial charge in [-0.1, -0.05) is 0 Å². The van der Waals surface area contributed by atoms with E-state index in [1.165, 1.54) is 0 Å². The van der Waals surface area contributed by atoms with Crippen LogP contribution in [0, 0.1) is 5.92 Å². The molecule has 0 aromatic rings. The second-order valence-electron chi connectivity index (χ2n) is 6.66. The Labute approximate surface area is 123 Å². The van der Waals surface area contributed by atoms with Crippen LogP contribution in [0.2, 0.25) is 0 Å². The first-order valence-corrected chi connectivity index (χ1v) is 9.50. The highest BCUT2D eigenvalue weighted by atomic mass is 32.2. The lowest BCUT2D eigenvalue weighted by Crippen LogP contribution is -2.47. The van der Waals surface area contributed by atoms with Crippen LogP contribution < -0.4 is 0 Å². The second kappa shape index (κ2) is 5.18. The Morgan fingerprint density at radius 3 is 2.10 bits per heavy atom. The highest BCUT2D eigenvalue weighted by molar-refractivity contribution is 7.91. The molecule has 2 aliphatic carbocycles. The van der Waals surface area contributed by atoms with E-state index in [-0.39, 0.29) is 61.1 Å². The van der Waals surface area contributed by atoms with Crippen molar-refractivity contribution in [3.8, 4) is 0 Å². The molecular weight excluding hydrogens is 300 g/mol. The van der Waals surface area contributed by atoms with Crippen LogP contribution >= 0.6 is 0 Å². The third kappa shape index (κ3) is 3.38. The molecule has 3 aliphatic rings. The number of hydrogen-bond donors (Lipinski definition) is 0. The minimum absolute atomic E-state index is 0.0398. The molecular formula is C14H21F2NO3S. The molecule has 7 heteroatoms. The largest absolute Gasteiger partial charge is 0.335 e. The van der Waals surface area contributed by atoms with Gasteiger partial charge in [-0.05, 0) is 32.1 Å². The first-order chi connectivity index (χ1) is 9.77. The highest BCUT2D eigenvalue weighted by Gasteiger charge is 2.46. The van der Waals surface area contributed by atoms with Gasteiger partial charge in [0.2, 0.25) is 11.8 Å². The summed E-state index contributed by atoms with van der Waals surface area (Å²) >= 11 is 0. The molecule has 0 N–H and O–H groups in total. The van der Waals surface area contributed by atoms with E-state index in [4.69, 9.17) is 0 Å². The van der Waals surface area contributed by atoms with E-state index >= 15 is 0 Å². The average molecular weight is 321 g/mol. The van der Waals surface area contributed by atoms with E-state index < -0.39 is 15.8 Å². The van der Waals surface area contributed by atoms with Crippen LogP contribution in [-0.2, 0) is 14.6 Å². The summed E-state index contributed by atoms with van der Waals surface area (Å²) in [7, 11) is -3.04. The molecule has 4 nitrogen and oxygen atoms in total. The van der Waals surface area contributed by atoms with Gasteiger partial charge in [0.1, 0.15) is 0 Å². The fourth-order valence-electron chi connectivity index (χ4n) is 3.50. The molecule has 0 radical (unpaired) electrons. The van der Waals surface area contributed by atoms with Crippen molar-refractivity contribution in [2.75, 3.05) is 11.5 Å². The SMILES string of the molecule is O=C(C1CCC(F)(F)CC1)N(C1CC1)[C@@H]1CCS(=O)(=O)C1. The van der Waals surface area contributed by atoms with Crippen LogP contribution in [0.15, 0.2) is 0 Å². The van der Waals surface area contributed by atoms with Gasteiger partial charge in [0.15, 0.2) is 9.84 Å². The standard InChI is InChI=1S/C14H21F2NO3S/c15-14(16)6-3-10(4-7-14)13(18)17(11-1-2-11)12-5-8-21(19,20)9-12/h10-12H,1-9H2/t12-/m1/s1. The Hall–Kier alpha value is -0.720. The number of nitrogens with zero attached hydrogens (tertiary/aromatic N) is 1. The molecule has 3 fully saturated rings. The maximum Gasteiger partial charge on any atom is 0.248 e.